The third-order valence-corrected chi connectivity index (χ3v) is 3.76. The van der Waals surface area contributed by atoms with E-state index in [4.69, 9.17) is 0 Å². The van der Waals surface area contributed by atoms with Crippen LogP contribution in [-0.4, -0.2) is 22.2 Å². The highest BCUT2D eigenvalue weighted by molar-refractivity contribution is 9.10. The van der Waals surface area contributed by atoms with Gasteiger partial charge in [0.25, 0.3) is 0 Å². The first kappa shape index (κ1) is 14.8. The first-order chi connectivity index (χ1) is 9.56. The van der Waals surface area contributed by atoms with E-state index in [2.05, 4.69) is 26.3 Å². The van der Waals surface area contributed by atoms with Gasteiger partial charge in [-0.2, -0.15) is 5.10 Å². The normalized spacial score (nSPS) is 12.2. The smallest absolute Gasteiger partial charge is 0.227 e. The Balaban J connectivity index is 1.83. The van der Waals surface area contributed by atoms with Gasteiger partial charge in [0.05, 0.1) is 12.1 Å². The fraction of sp³-hybridized carbons (Fsp3) is 0.333. The van der Waals surface area contributed by atoms with Gasteiger partial charge >= 0.3 is 0 Å². The fourth-order valence-electron chi connectivity index (χ4n) is 1.99. The van der Waals surface area contributed by atoms with Crippen molar-refractivity contribution >= 4 is 21.8 Å². The van der Waals surface area contributed by atoms with Gasteiger partial charge in [-0.05, 0) is 36.6 Å². The van der Waals surface area contributed by atoms with Crippen LogP contribution < -0.4 is 5.32 Å². The van der Waals surface area contributed by atoms with Gasteiger partial charge in [-0.25, -0.2) is 0 Å². The van der Waals surface area contributed by atoms with Crippen LogP contribution in [-0.2, 0) is 18.3 Å². The van der Waals surface area contributed by atoms with Crippen LogP contribution in [0.4, 0.5) is 0 Å². The third kappa shape index (κ3) is 3.93. The van der Waals surface area contributed by atoms with E-state index in [1.807, 2.05) is 50.6 Å². The molecule has 4 nitrogen and oxygen atoms in total. The van der Waals surface area contributed by atoms with Crippen LogP contribution in [0.2, 0.25) is 0 Å². The Bertz CT molecular complexity index is 577. The fourth-order valence-corrected chi connectivity index (χ4v) is 2.25. The van der Waals surface area contributed by atoms with E-state index >= 15 is 0 Å². The quantitative estimate of drug-likeness (QED) is 0.912. The summed E-state index contributed by atoms with van der Waals surface area (Å²) in [6.45, 7) is 2.55. The highest BCUT2D eigenvalue weighted by atomic mass is 79.9. The number of amides is 1. The number of nitrogens with one attached hydrogen (secondary N) is 1. The van der Waals surface area contributed by atoms with Crippen LogP contribution in [0.5, 0.6) is 0 Å². The zero-order valence-corrected chi connectivity index (χ0v) is 13.2. The molecular formula is C15H18BrN3O. The van der Waals surface area contributed by atoms with Crippen LogP contribution >= 0.6 is 15.9 Å². The minimum atomic E-state index is -0.142. The number of carbonyl (C=O) groups excluding carboxylic acids is 1. The Kier molecular flexibility index (Phi) is 4.95. The van der Waals surface area contributed by atoms with E-state index in [9.17, 15) is 4.79 Å². The van der Waals surface area contributed by atoms with Crippen molar-refractivity contribution in [2.45, 2.75) is 19.3 Å². The van der Waals surface area contributed by atoms with E-state index in [1.165, 1.54) is 0 Å². The molecule has 1 heterocycles. The summed E-state index contributed by atoms with van der Waals surface area (Å²) in [5, 5.41) is 7.07. The summed E-state index contributed by atoms with van der Waals surface area (Å²) in [5.41, 5.74) is 2.15. The van der Waals surface area contributed by atoms with E-state index in [0.29, 0.717) is 6.54 Å². The Morgan fingerprint density at radius 2 is 2.10 bits per heavy atom. The van der Waals surface area contributed by atoms with E-state index in [1.54, 1.807) is 4.68 Å². The molecule has 20 heavy (non-hydrogen) atoms. The van der Waals surface area contributed by atoms with Gasteiger partial charge < -0.3 is 5.32 Å². The van der Waals surface area contributed by atoms with Crippen LogP contribution in [0.25, 0.3) is 0 Å². The Morgan fingerprint density at radius 1 is 1.40 bits per heavy atom. The molecule has 1 N–H and O–H groups in total. The molecule has 1 atom stereocenters. The number of halogens is 1. The van der Waals surface area contributed by atoms with Crippen molar-refractivity contribution in [2.24, 2.45) is 7.05 Å². The molecule has 0 aliphatic heterocycles. The average Bonchev–Trinajstić information content (AvgIpc) is 2.84. The van der Waals surface area contributed by atoms with E-state index < -0.39 is 0 Å². The van der Waals surface area contributed by atoms with Crippen LogP contribution in [0, 0.1) is 0 Å². The molecule has 1 amide bonds. The molecule has 0 aliphatic rings. The molecule has 5 heteroatoms. The molecule has 1 aromatic carbocycles. The third-order valence-electron chi connectivity index (χ3n) is 3.23. The number of nitrogens with zero attached hydrogens (tertiary/aromatic N) is 2. The summed E-state index contributed by atoms with van der Waals surface area (Å²) in [6.07, 6.45) is 4.58. The predicted molar refractivity (Wildman–Crippen MR) is 82.5 cm³/mol. The molecular weight excluding hydrogens is 318 g/mol. The van der Waals surface area contributed by atoms with Gasteiger partial charge in [0.15, 0.2) is 0 Å². The van der Waals surface area contributed by atoms with Crippen molar-refractivity contribution in [3.8, 4) is 0 Å². The molecule has 0 saturated carbocycles. The average molecular weight is 336 g/mol. The lowest BCUT2D eigenvalue weighted by Gasteiger charge is -2.12. The molecule has 106 valence electrons. The maximum Gasteiger partial charge on any atom is 0.227 e. The Morgan fingerprint density at radius 3 is 2.70 bits per heavy atom. The van der Waals surface area contributed by atoms with Crippen LogP contribution in [0.15, 0.2) is 41.1 Å². The summed E-state index contributed by atoms with van der Waals surface area (Å²) >= 11 is 3.39. The lowest BCUT2D eigenvalue weighted by Crippen LogP contribution is -2.29. The van der Waals surface area contributed by atoms with E-state index in [0.717, 1.165) is 22.0 Å². The number of hydrogen-bond donors (Lipinski definition) is 1. The van der Waals surface area contributed by atoms with Gasteiger partial charge in [-0.3, -0.25) is 9.48 Å². The lowest BCUT2D eigenvalue weighted by atomic mass is 10.0. The second kappa shape index (κ2) is 6.70. The Labute approximate surface area is 127 Å². The molecule has 0 saturated heterocycles. The topological polar surface area (TPSA) is 46.9 Å². The highest BCUT2D eigenvalue weighted by Gasteiger charge is 2.14. The summed E-state index contributed by atoms with van der Waals surface area (Å²) in [5.74, 6) is -0.0896. The summed E-state index contributed by atoms with van der Waals surface area (Å²) in [6, 6.07) is 7.84. The molecule has 2 aromatic rings. The number of rotatable bonds is 5. The zero-order chi connectivity index (χ0) is 14.5. The summed E-state index contributed by atoms with van der Waals surface area (Å²) in [4.78, 5) is 12.1. The summed E-state index contributed by atoms with van der Waals surface area (Å²) < 4.78 is 2.78. The van der Waals surface area contributed by atoms with Crippen molar-refractivity contribution in [2.75, 3.05) is 6.54 Å². The van der Waals surface area contributed by atoms with Crippen molar-refractivity contribution < 1.29 is 4.79 Å². The number of aryl methyl sites for hydroxylation is 1. The minimum absolute atomic E-state index is 0.0520. The second-order valence-corrected chi connectivity index (χ2v) is 5.75. The summed E-state index contributed by atoms with van der Waals surface area (Å²) in [7, 11) is 1.89. The van der Waals surface area contributed by atoms with Gasteiger partial charge in [0.2, 0.25) is 5.91 Å². The maximum absolute atomic E-state index is 12.1. The monoisotopic (exact) mass is 335 g/mol. The van der Waals surface area contributed by atoms with Gasteiger partial charge in [0, 0.05) is 24.3 Å². The largest absolute Gasteiger partial charge is 0.355 e. The molecule has 2 rings (SSSR count). The molecule has 0 aliphatic carbocycles. The standard InChI is InChI=1S/C15H18BrN3O/c1-11(13-3-5-14(16)6-4-13)15(20)17-8-7-12-9-18-19(2)10-12/h3-6,9-11H,7-8H2,1-2H3,(H,17,20)/t11-/m1/s1. The molecule has 1 aromatic heterocycles. The molecule has 0 spiro atoms. The highest BCUT2D eigenvalue weighted by Crippen LogP contribution is 2.18. The maximum atomic E-state index is 12.1. The number of benzene rings is 1. The lowest BCUT2D eigenvalue weighted by molar-refractivity contribution is -0.122. The zero-order valence-electron chi connectivity index (χ0n) is 11.6. The number of hydrogen-bond acceptors (Lipinski definition) is 2. The van der Waals surface area contributed by atoms with E-state index in [-0.39, 0.29) is 11.8 Å². The van der Waals surface area contributed by atoms with Gasteiger partial charge in [0.1, 0.15) is 0 Å². The molecule has 0 fully saturated rings. The van der Waals surface area contributed by atoms with Gasteiger partial charge in [-0.1, -0.05) is 28.1 Å². The molecule has 0 radical (unpaired) electrons. The predicted octanol–water partition coefficient (Wildman–Crippen LogP) is 2.65. The van der Waals surface area contributed by atoms with Crippen LogP contribution in [0.3, 0.4) is 0 Å². The SMILES string of the molecule is C[C@@H](C(=O)NCCc1cnn(C)c1)c1ccc(Br)cc1. The molecule has 0 unspecified atom stereocenters. The minimum Gasteiger partial charge on any atom is -0.355 e. The second-order valence-electron chi connectivity index (χ2n) is 4.84. The first-order valence-electron chi connectivity index (χ1n) is 6.57. The molecule has 0 bridgehead atoms. The number of carbonyl (C=O) groups is 1. The van der Waals surface area contributed by atoms with Crippen molar-refractivity contribution in [3.63, 3.8) is 0 Å². The number of aromatic nitrogens is 2. The Hall–Kier alpha value is -1.62. The van der Waals surface area contributed by atoms with Crippen molar-refractivity contribution in [3.05, 3.63) is 52.3 Å². The van der Waals surface area contributed by atoms with Crippen LogP contribution in [0.1, 0.15) is 24.0 Å². The van der Waals surface area contributed by atoms with Crippen molar-refractivity contribution in [1.29, 1.82) is 0 Å². The first-order valence-corrected chi connectivity index (χ1v) is 7.36. The van der Waals surface area contributed by atoms with Crippen molar-refractivity contribution in [1.82, 2.24) is 15.1 Å². The van der Waals surface area contributed by atoms with Gasteiger partial charge in [-0.15, -0.1) is 0 Å².